The highest BCUT2D eigenvalue weighted by Gasteiger charge is 2.38. The summed E-state index contributed by atoms with van der Waals surface area (Å²) in [5, 5.41) is 12.4. The van der Waals surface area contributed by atoms with Gasteiger partial charge in [-0.1, -0.05) is 30.3 Å². The second-order valence-corrected chi connectivity index (χ2v) is 8.52. The maximum atomic E-state index is 14.6. The number of nitriles is 1. The number of nitrogens with zero attached hydrogens (tertiary/aromatic N) is 4. The lowest BCUT2D eigenvalue weighted by Gasteiger charge is -2.34. The molecule has 2 heterocycles. The molecule has 3 N–H and O–H groups in total. The van der Waals surface area contributed by atoms with Crippen LogP contribution in [0.25, 0.3) is 6.08 Å². The van der Waals surface area contributed by atoms with E-state index >= 15 is 0 Å². The fourth-order valence-electron chi connectivity index (χ4n) is 3.41. The minimum atomic E-state index is -4.25. The molecule has 0 fully saturated rings. The fourth-order valence-corrected chi connectivity index (χ4v) is 5.22. The molecule has 0 bridgehead atoms. The number of fused-ring (bicyclic) bond motifs is 1. The van der Waals surface area contributed by atoms with Gasteiger partial charge in [0.25, 0.3) is 10.0 Å². The van der Waals surface area contributed by atoms with Crippen LogP contribution in [0.15, 0.2) is 65.5 Å². The number of hydrogen-bond donors (Lipinski definition) is 2. The molecule has 4 rings (SSSR count). The second-order valence-electron chi connectivity index (χ2n) is 6.79. The van der Waals surface area contributed by atoms with Gasteiger partial charge >= 0.3 is 0 Å². The molecule has 0 saturated heterocycles. The number of rotatable bonds is 4. The average molecular weight is 436 g/mol. The van der Waals surface area contributed by atoms with Crippen molar-refractivity contribution in [2.24, 2.45) is 0 Å². The molecule has 0 radical (unpaired) electrons. The van der Waals surface area contributed by atoms with E-state index in [4.69, 9.17) is 5.73 Å². The molecule has 0 amide bonds. The zero-order valence-electron chi connectivity index (χ0n) is 16.3. The van der Waals surface area contributed by atoms with Gasteiger partial charge in [0.05, 0.1) is 17.4 Å². The zero-order valence-corrected chi connectivity index (χ0v) is 17.1. The van der Waals surface area contributed by atoms with Gasteiger partial charge in [0.2, 0.25) is 0 Å². The predicted molar refractivity (Wildman–Crippen MR) is 115 cm³/mol. The van der Waals surface area contributed by atoms with Crippen molar-refractivity contribution in [2.45, 2.75) is 17.9 Å². The Kier molecular flexibility index (Phi) is 5.04. The van der Waals surface area contributed by atoms with Gasteiger partial charge in [-0.2, -0.15) is 5.26 Å². The molecule has 1 unspecified atom stereocenters. The zero-order chi connectivity index (χ0) is 22.2. The normalized spacial score (nSPS) is 15.4. The largest absolute Gasteiger partial charge is 0.382 e. The maximum Gasteiger partial charge on any atom is 0.271 e. The summed E-state index contributed by atoms with van der Waals surface area (Å²) in [6, 6.07) is 13.8. The van der Waals surface area contributed by atoms with Crippen LogP contribution in [-0.4, -0.2) is 24.4 Å². The van der Waals surface area contributed by atoms with Gasteiger partial charge in [0.1, 0.15) is 40.3 Å². The molecule has 0 saturated carbocycles. The van der Waals surface area contributed by atoms with Gasteiger partial charge in [-0.25, -0.2) is 27.1 Å². The first-order chi connectivity index (χ1) is 14.8. The highest BCUT2D eigenvalue weighted by molar-refractivity contribution is 7.93. The Morgan fingerprint density at radius 2 is 1.90 bits per heavy atom. The number of nitrogens with two attached hydrogens (primary N) is 1. The van der Waals surface area contributed by atoms with Crippen molar-refractivity contribution < 1.29 is 12.8 Å². The summed E-state index contributed by atoms with van der Waals surface area (Å²) < 4.78 is 42.6. The standard InChI is InChI=1S/C21H17FN6O2S/c1-13(27-21-16(11-23)20(24)25-12-26-21)18-10-14-6-5-9-17(22)19(14)31(29,30)28(18)15-7-3-2-4-8-15/h2-10,12-13H,1H3,(H3,24,25,26,27). The molecule has 0 aliphatic carbocycles. The lowest BCUT2D eigenvalue weighted by molar-refractivity contribution is 0.563. The van der Waals surface area contributed by atoms with Crippen molar-refractivity contribution in [3.05, 3.63) is 77.5 Å². The van der Waals surface area contributed by atoms with E-state index in [0.29, 0.717) is 11.4 Å². The van der Waals surface area contributed by atoms with Crippen molar-refractivity contribution in [3.8, 4) is 6.07 Å². The van der Waals surface area contributed by atoms with Crippen molar-refractivity contribution >= 4 is 33.4 Å². The van der Waals surface area contributed by atoms with E-state index < -0.39 is 26.8 Å². The molecule has 1 atom stereocenters. The van der Waals surface area contributed by atoms with Crippen LogP contribution >= 0.6 is 0 Å². The van der Waals surface area contributed by atoms with E-state index in [1.54, 1.807) is 43.3 Å². The second kappa shape index (κ2) is 7.70. The van der Waals surface area contributed by atoms with Crippen LogP contribution < -0.4 is 15.4 Å². The van der Waals surface area contributed by atoms with Crippen molar-refractivity contribution in [3.63, 3.8) is 0 Å². The quantitative estimate of drug-likeness (QED) is 0.644. The van der Waals surface area contributed by atoms with E-state index in [0.717, 1.165) is 10.4 Å². The Balaban J connectivity index is 1.88. The Morgan fingerprint density at radius 1 is 1.16 bits per heavy atom. The molecule has 156 valence electrons. The van der Waals surface area contributed by atoms with E-state index in [2.05, 4.69) is 15.3 Å². The Morgan fingerprint density at radius 3 is 2.61 bits per heavy atom. The summed E-state index contributed by atoms with van der Waals surface area (Å²) in [4.78, 5) is 7.46. The van der Waals surface area contributed by atoms with E-state index in [-0.39, 0.29) is 22.8 Å². The molecule has 2 aromatic carbocycles. The lowest BCUT2D eigenvalue weighted by Crippen LogP contribution is -2.40. The number of hydrogen-bond acceptors (Lipinski definition) is 7. The molecule has 1 aliphatic rings. The topological polar surface area (TPSA) is 125 Å². The number of nitrogen functional groups attached to an aromatic ring is 1. The molecule has 8 nitrogen and oxygen atoms in total. The predicted octanol–water partition coefficient (Wildman–Crippen LogP) is 3.12. The molecule has 10 heteroatoms. The smallest absolute Gasteiger partial charge is 0.271 e. The van der Waals surface area contributed by atoms with Crippen LogP contribution in [0.4, 0.5) is 21.7 Å². The van der Waals surface area contributed by atoms with Gasteiger partial charge in [0, 0.05) is 0 Å². The van der Waals surface area contributed by atoms with Crippen LogP contribution in [0.5, 0.6) is 0 Å². The van der Waals surface area contributed by atoms with Gasteiger partial charge in [0.15, 0.2) is 0 Å². The fraction of sp³-hybridized carbons (Fsp3) is 0.0952. The third kappa shape index (κ3) is 3.45. The summed E-state index contributed by atoms with van der Waals surface area (Å²) in [7, 11) is -4.25. The summed E-state index contributed by atoms with van der Waals surface area (Å²) in [5.41, 5.74) is 6.70. The minimum absolute atomic E-state index is 0.00442. The van der Waals surface area contributed by atoms with Crippen molar-refractivity contribution in [2.75, 3.05) is 15.4 Å². The molecular formula is C21H17FN6O2S. The van der Waals surface area contributed by atoms with Crippen LogP contribution in [0.2, 0.25) is 0 Å². The molecule has 1 aliphatic heterocycles. The van der Waals surface area contributed by atoms with Gasteiger partial charge < -0.3 is 11.1 Å². The SMILES string of the molecule is CC(Nc1ncnc(N)c1C#N)C1=Cc2cccc(F)c2S(=O)(=O)N1c1ccccc1. The van der Waals surface area contributed by atoms with Crippen LogP contribution in [0.1, 0.15) is 18.1 Å². The monoisotopic (exact) mass is 436 g/mol. The summed E-state index contributed by atoms with van der Waals surface area (Å²) in [6.07, 6.45) is 2.80. The van der Waals surface area contributed by atoms with E-state index in [1.807, 2.05) is 6.07 Å². The Bertz CT molecular complexity index is 1340. The molecule has 1 aromatic heterocycles. The lowest BCUT2D eigenvalue weighted by atomic mass is 10.1. The number of halogens is 1. The third-order valence-corrected chi connectivity index (χ3v) is 6.66. The molecule has 3 aromatic rings. The van der Waals surface area contributed by atoms with Gasteiger partial charge in [-0.3, -0.25) is 0 Å². The van der Waals surface area contributed by atoms with E-state index in [9.17, 15) is 18.1 Å². The highest BCUT2D eigenvalue weighted by atomic mass is 32.2. The average Bonchev–Trinajstić information content (AvgIpc) is 2.73. The number of para-hydroxylation sites is 1. The molecule has 31 heavy (non-hydrogen) atoms. The summed E-state index contributed by atoms with van der Waals surface area (Å²) >= 11 is 0. The van der Waals surface area contributed by atoms with Crippen molar-refractivity contribution in [1.82, 2.24) is 9.97 Å². The maximum absolute atomic E-state index is 14.6. The third-order valence-electron chi connectivity index (χ3n) is 4.81. The number of anilines is 3. The number of benzene rings is 2. The highest BCUT2D eigenvalue weighted by Crippen LogP contribution is 2.38. The van der Waals surface area contributed by atoms with Crippen molar-refractivity contribution in [1.29, 1.82) is 5.26 Å². The number of aromatic nitrogens is 2. The first kappa shape index (κ1) is 20.3. The first-order valence-electron chi connectivity index (χ1n) is 9.22. The minimum Gasteiger partial charge on any atom is -0.382 e. The van der Waals surface area contributed by atoms with Crippen LogP contribution in [-0.2, 0) is 10.0 Å². The van der Waals surface area contributed by atoms with Gasteiger partial charge in [-0.15, -0.1) is 0 Å². The first-order valence-corrected chi connectivity index (χ1v) is 10.7. The van der Waals surface area contributed by atoms with Crippen LogP contribution in [0, 0.1) is 17.1 Å². The van der Waals surface area contributed by atoms with E-state index in [1.165, 1.54) is 18.5 Å². The summed E-state index contributed by atoms with van der Waals surface area (Å²) in [6.45, 7) is 1.71. The molecular weight excluding hydrogens is 419 g/mol. The van der Waals surface area contributed by atoms with Crippen LogP contribution in [0.3, 0.4) is 0 Å². The Labute approximate surface area is 178 Å². The molecule has 0 spiro atoms. The Hall–Kier alpha value is -3.97. The number of sulfonamides is 1. The number of nitrogens with one attached hydrogen (secondary N) is 1. The van der Waals surface area contributed by atoms with Gasteiger partial charge in [-0.05, 0) is 36.8 Å². The summed E-state index contributed by atoms with van der Waals surface area (Å²) in [5.74, 6) is -0.659.